The number of aromatic nitrogens is 1. The number of amides is 1. The quantitative estimate of drug-likeness (QED) is 0.809. The Hall–Kier alpha value is -1.36. The van der Waals surface area contributed by atoms with E-state index in [-0.39, 0.29) is 5.91 Å². The molecule has 0 N–H and O–H groups in total. The van der Waals surface area contributed by atoms with Crippen molar-refractivity contribution in [1.82, 2.24) is 15.0 Å². The van der Waals surface area contributed by atoms with E-state index in [1.807, 2.05) is 14.0 Å². The van der Waals surface area contributed by atoms with Gasteiger partial charge >= 0.3 is 0 Å². The fraction of sp³-hybridized carbons (Fsp3) is 0.778. The lowest BCUT2D eigenvalue weighted by Crippen LogP contribution is -2.37. The lowest BCUT2D eigenvalue weighted by Gasteiger charge is -2.32. The molecule has 5 heteroatoms. The second kappa shape index (κ2) is 6.63. The fourth-order valence-corrected chi connectivity index (χ4v) is 3.77. The number of aryl methyl sites for hydroxylation is 1. The summed E-state index contributed by atoms with van der Waals surface area (Å²) >= 11 is 0. The largest absolute Gasteiger partial charge is 0.351 e. The third-order valence-electron chi connectivity index (χ3n) is 5.80. The maximum atomic E-state index is 12.3. The van der Waals surface area contributed by atoms with Crippen LogP contribution in [0.1, 0.15) is 54.6 Å². The van der Waals surface area contributed by atoms with Crippen LogP contribution in [0.4, 0.5) is 0 Å². The Balaban J connectivity index is 1.39. The number of nitrogens with zero attached hydrogens (tertiary/aromatic N) is 3. The van der Waals surface area contributed by atoms with E-state index in [9.17, 15) is 4.79 Å². The van der Waals surface area contributed by atoms with Gasteiger partial charge in [0.05, 0.1) is 6.20 Å². The van der Waals surface area contributed by atoms with Crippen molar-refractivity contribution >= 4 is 5.91 Å². The SMILES string of the molecule is Cc1cnoc1C(=O)N(C)CCN(C)CC1CCC2(CC1)CC2. The van der Waals surface area contributed by atoms with E-state index in [2.05, 4.69) is 17.1 Å². The first-order valence-electron chi connectivity index (χ1n) is 8.84. The Morgan fingerprint density at radius 3 is 2.52 bits per heavy atom. The molecule has 0 unspecified atom stereocenters. The highest BCUT2D eigenvalue weighted by molar-refractivity contribution is 5.92. The van der Waals surface area contributed by atoms with Crippen LogP contribution in [0.3, 0.4) is 0 Å². The third kappa shape index (κ3) is 3.94. The highest BCUT2D eigenvalue weighted by Crippen LogP contribution is 2.57. The zero-order valence-corrected chi connectivity index (χ0v) is 14.7. The van der Waals surface area contributed by atoms with Crippen molar-refractivity contribution in [2.24, 2.45) is 11.3 Å². The Bertz CT molecular complexity index is 540. The summed E-state index contributed by atoms with van der Waals surface area (Å²) in [6.07, 6.45) is 10.2. The molecule has 2 saturated carbocycles. The van der Waals surface area contributed by atoms with E-state index in [1.165, 1.54) is 38.5 Å². The molecule has 0 saturated heterocycles. The number of rotatable bonds is 6. The van der Waals surface area contributed by atoms with Crippen molar-refractivity contribution in [3.8, 4) is 0 Å². The number of carbonyl (C=O) groups is 1. The van der Waals surface area contributed by atoms with Crippen LogP contribution in [0.5, 0.6) is 0 Å². The van der Waals surface area contributed by atoms with Crippen molar-refractivity contribution < 1.29 is 9.32 Å². The zero-order chi connectivity index (χ0) is 16.4. The van der Waals surface area contributed by atoms with E-state index in [0.29, 0.717) is 12.3 Å². The summed E-state index contributed by atoms with van der Waals surface area (Å²) in [6, 6.07) is 0. The lowest BCUT2D eigenvalue weighted by molar-refractivity contribution is 0.0735. The summed E-state index contributed by atoms with van der Waals surface area (Å²) in [5.41, 5.74) is 1.57. The van der Waals surface area contributed by atoms with Crippen molar-refractivity contribution in [2.45, 2.75) is 45.4 Å². The molecule has 1 aromatic rings. The van der Waals surface area contributed by atoms with Gasteiger partial charge in [-0.15, -0.1) is 0 Å². The molecule has 1 aromatic heterocycles. The molecular formula is C18H29N3O2. The molecule has 0 radical (unpaired) electrons. The van der Waals surface area contributed by atoms with Gasteiger partial charge in [0.1, 0.15) is 0 Å². The van der Waals surface area contributed by atoms with Crippen molar-refractivity contribution in [2.75, 3.05) is 33.7 Å². The van der Waals surface area contributed by atoms with Gasteiger partial charge in [0, 0.05) is 32.2 Å². The molecule has 23 heavy (non-hydrogen) atoms. The van der Waals surface area contributed by atoms with Gasteiger partial charge < -0.3 is 14.3 Å². The van der Waals surface area contributed by atoms with Crippen LogP contribution in [0.2, 0.25) is 0 Å². The molecule has 1 heterocycles. The minimum atomic E-state index is -0.0817. The number of likely N-dealkylation sites (N-methyl/N-ethyl adjacent to an activating group) is 2. The van der Waals surface area contributed by atoms with Gasteiger partial charge in [0.2, 0.25) is 5.76 Å². The average molecular weight is 319 g/mol. The summed E-state index contributed by atoms with van der Waals surface area (Å²) in [6.45, 7) is 4.61. The van der Waals surface area contributed by atoms with Gasteiger partial charge in [-0.05, 0) is 63.8 Å². The normalized spacial score (nSPS) is 20.2. The standard InChI is InChI=1S/C18H29N3O2/c1-14-12-19-23-16(14)17(22)21(3)11-10-20(2)13-15-4-6-18(7-5-15)8-9-18/h12,15H,4-11,13H2,1-3H3. The van der Waals surface area contributed by atoms with E-state index >= 15 is 0 Å². The average Bonchev–Trinajstić information content (AvgIpc) is 3.16. The van der Waals surface area contributed by atoms with Crippen LogP contribution in [0, 0.1) is 18.3 Å². The first kappa shape index (κ1) is 16.5. The Labute approximate surface area is 139 Å². The predicted octanol–water partition coefficient (Wildman–Crippen LogP) is 2.96. The van der Waals surface area contributed by atoms with Gasteiger partial charge in [0.25, 0.3) is 5.91 Å². The Morgan fingerprint density at radius 1 is 1.26 bits per heavy atom. The van der Waals surface area contributed by atoms with Crippen molar-refractivity contribution in [3.05, 3.63) is 17.5 Å². The highest BCUT2D eigenvalue weighted by atomic mass is 16.5. The first-order valence-corrected chi connectivity index (χ1v) is 8.84. The fourth-order valence-electron chi connectivity index (χ4n) is 3.77. The summed E-state index contributed by atoms with van der Waals surface area (Å²) in [4.78, 5) is 16.4. The maximum absolute atomic E-state index is 12.3. The summed E-state index contributed by atoms with van der Waals surface area (Å²) < 4.78 is 5.05. The van der Waals surface area contributed by atoms with E-state index in [1.54, 1.807) is 11.1 Å². The smallest absolute Gasteiger partial charge is 0.292 e. The third-order valence-corrected chi connectivity index (χ3v) is 5.80. The maximum Gasteiger partial charge on any atom is 0.292 e. The molecule has 1 amide bonds. The molecule has 128 valence electrons. The highest BCUT2D eigenvalue weighted by Gasteiger charge is 2.44. The molecule has 2 aliphatic rings. The molecule has 2 fully saturated rings. The second-order valence-corrected chi connectivity index (χ2v) is 7.77. The molecule has 0 atom stereocenters. The van der Waals surface area contributed by atoms with Crippen LogP contribution in [0.15, 0.2) is 10.7 Å². The monoisotopic (exact) mass is 319 g/mol. The van der Waals surface area contributed by atoms with Crippen LogP contribution in [-0.2, 0) is 0 Å². The van der Waals surface area contributed by atoms with Crippen LogP contribution < -0.4 is 0 Å². The van der Waals surface area contributed by atoms with Gasteiger partial charge in [0.15, 0.2) is 0 Å². The molecule has 0 aromatic carbocycles. The molecule has 3 rings (SSSR count). The molecule has 2 aliphatic carbocycles. The van der Waals surface area contributed by atoms with Crippen LogP contribution >= 0.6 is 0 Å². The molecule has 0 aliphatic heterocycles. The molecular weight excluding hydrogens is 290 g/mol. The number of hydrogen-bond acceptors (Lipinski definition) is 4. The number of carbonyl (C=O) groups excluding carboxylic acids is 1. The van der Waals surface area contributed by atoms with E-state index < -0.39 is 0 Å². The second-order valence-electron chi connectivity index (χ2n) is 7.77. The summed E-state index contributed by atoms with van der Waals surface area (Å²) in [5, 5.41) is 3.68. The number of hydrogen-bond donors (Lipinski definition) is 0. The van der Waals surface area contributed by atoms with Crippen LogP contribution in [-0.4, -0.2) is 54.6 Å². The topological polar surface area (TPSA) is 49.6 Å². The van der Waals surface area contributed by atoms with Gasteiger partial charge in [-0.2, -0.15) is 0 Å². The minimum Gasteiger partial charge on any atom is -0.351 e. The minimum absolute atomic E-state index is 0.0817. The van der Waals surface area contributed by atoms with Crippen molar-refractivity contribution in [3.63, 3.8) is 0 Å². The molecule has 1 spiro atoms. The zero-order valence-electron chi connectivity index (χ0n) is 14.7. The molecule has 0 bridgehead atoms. The van der Waals surface area contributed by atoms with Crippen LogP contribution in [0.25, 0.3) is 0 Å². The van der Waals surface area contributed by atoms with Gasteiger partial charge in [-0.25, -0.2) is 0 Å². The van der Waals surface area contributed by atoms with E-state index in [0.717, 1.165) is 30.0 Å². The lowest BCUT2D eigenvalue weighted by atomic mass is 9.79. The Morgan fingerprint density at radius 2 is 1.96 bits per heavy atom. The van der Waals surface area contributed by atoms with Gasteiger partial charge in [-0.1, -0.05) is 5.16 Å². The first-order chi connectivity index (χ1) is 11.0. The summed E-state index contributed by atoms with van der Waals surface area (Å²) in [5.74, 6) is 1.11. The predicted molar refractivity (Wildman–Crippen MR) is 89.3 cm³/mol. The van der Waals surface area contributed by atoms with Gasteiger partial charge in [-0.3, -0.25) is 4.79 Å². The molecule has 5 nitrogen and oxygen atoms in total. The van der Waals surface area contributed by atoms with Crippen molar-refractivity contribution in [1.29, 1.82) is 0 Å². The summed E-state index contributed by atoms with van der Waals surface area (Å²) in [7, 11) is 4.00. The van der Waals surface area contributed by atoms with E-state index in [4.69, 9.17) is 4.52 Å². The Kier molecular flexibility index (Phi) is 4.76.